The van der Waals surface area contributed by atoms with Crippen molar-refractivity contribution in [2.45, 2.75) is 26.1 Å². The number of ether oxygens (including phenoxy) is 1. The van der Waals surface area contributed by atoms with E-state index in [4.69, 9.17) is 4.74 Å². The molecule has 114 valence electrons. The summed E-state index contributed by atoms with van der Waals surface area (Å²) in [6, 6.07) is 0.996. The van der Waals surface area contributed by atoms with Crippen LogP contribution in [0.3, 0.4) is 0 Å². The van der Waals surface area contributed by atoms with Crippen molar-refractivity contribution in [2.24, 2.45) is 0 Å². The average Bonchev–Trinajstić information content (AvgIpc) is 2.38. The van der Waals surface area contributed by atoms with Crippen molar-refractivity contribution in [1.29, 1.82) is 0 Å². The molecule has 0 aromatic heterocycles. The summed E-state index contributed by atoms with van der Waals surface area (Å²) in [6.45, 7) is 4.04. The fourth-order valence-corrected chi connectivity index (χ4v) is 2.35. The monoisotopic (exact) mass is 300 g/mol. The van der Waals surface area contributed by atoms with Crippen molar-refractivity contribution in [3.05, 3.63) is 39.4 Å². The largest absolute Gasteiger partial charge is 0.372 e. The van der Waals surface area contributed by atoms with Gasteiger partial charge in [0.2, 0.25) is 5.82 Å². The lowest BCUT2D eigenvalue weighted by atomic mass is 10.1. The number of morpholine rings is 1. The zero-order valence-corrected chi connectivity index (χ0v) is 11.5. The first-order chi connectivity index (χ1) is 9.79. The highest BCUT2D eigenvalue weighted by Crippen LogP contribution is 2.23. The van der Waals surface area contributed by atoms with E-state index in [0.717, 1.165) is 0 Å². The third-order valence-corrected chi connectivity index (χ3v) is 3.17. The van der Waals surface area contributed by atoms with Gasteiger partial charge in [-0.05, 0) is 19.9 Å². The molecule has 1 aromatic carbocycles. The minimum absolute atomic E-state index is 0.219. The predicted molar refractivity (Wildman–Crippen MR) is 68.9 cm³/mol. The summed E-state index contributed by atoms with van der Waals surface area (Å²) >= 11 is 0. The molecule has 2 unspecified atom stereocenters. The van der Waals surface area contributed by atoms with Gasteiger partial charge in [0.1, 0.15) is 5.82 Å². The Hall–Kier alpha value is -2.09. The van der Waals surface area contributed by atoms with E-state index in [0.29, 0.717) is 12.1 Å². The van der Waals surface area contributed by atoms with Crippen LogP contribution in [0.1, 0.15) is 24.2 Å². The Balaban J connectivity index is 2.31. The minimum Gasteiger partial charge on any atom is -0.372 e. The van der Waals surface area contributed by atoms with E-state index in [9.17, 15) is 23.7 Å². The lowest BCUT2D eigenvalue weighted by molar-refractivity contribution is -0.387. The fourth-order valence-electron chi connectivity index (χ4n) is 2.35. The first-order valence-corrected chi connectivity index (χ1v) is 6.37. The minimum atomic E-state index is -1.24. The van der Waals surface area contributed by atoms with Gasteiger partial charge in [-0.15, -0.1) is 0 Å². The molecule has 1 saturated heterocycles. The Morgan fingerprint density at radius 1 is 1.29 bits per heavy atom. The van der Waals surface area contributed by atoms with Crippen molar-refractivity contribution in [3.63, 3.8) is 0 Å². The number of hydrogen-bond acceptors (Lipinski definition) is 4. The summed E-state index contributed by atoms with van der Waals surface area (Å²) in [5.74, 6) is -3.05. The molecule has 1 fully saturated rings. The molecule has 1 aliphatic rings. The van der Waals surface area contributed by atoms with Gasteiger partial charge in [-0.2, -0.15) is 4.39 Å². The van der Waals surface area contributed by atoms with Crippen LogP contribution in [-0.2, 0) is 4.74 Å². The quantitative estimate of drug-likeness (QED) is 0.619. The smallest absolute Gasteiger partial charge is 0.307 e. The Morgan fingerprint density at radius 3 is 2.38 bits per heavy atom. The molecule has 0 spiro atoms. The van der Waals surface area contributed by atoms with Crippen LogP contribution in [0.5, 0.6) is 0 Å². The van der Waals surface area contributed by atoms with E-state index < -0.39 is 33.7 Å². The van der Waals surface area contributed by atoms with E-state index in [1.54, 1.807) is 13.8 Å². The molecule has 1 aromatic rings. The molecule has 0 bridgehead atoms. The normalized spacial score (nSPS) is 22.2. The van der Waals surface area contributed by atoms with Crippen molar-refractivity contribution in [1.82, 2.24) is 4.90 Å². The van der Waals surface area contributed by atoms with E-state index in [2.05, 4.69) is 0 Å². The lowest BCUT2D eigenvalue weighted by Crippen LogP contribution is -2.48. The number of carbonyl (C=O) groups is 1. The van der Waals surface area contributed by atoms with Gasteiger partial charge in [0.05, 0.1) is 28.8 Å². The van der Waals surface area contributed by atoms with Crippen LogP contribution in [0.4, 0.5) is 14.5 Å². The van der Waals surface area contributed by atoms with Crippen LogP contribution >= 0.6 is 0 Å². The number of nitro groups is 1. The van der Waals surface area contributed by atoms with Crippen molar-refractivity contribution in [3.8, 4) is 0 Å². The van der Waals surface area contributed by atoms with Gasteiger partial charge >= 0.3 is 5.69 Å². The molecule has 1 heterocycles. The van der Waals surface area contributed by atoms with Crippen LogP contribution in [0.2, 0.25) is 0 Å². The fraction of sp³-hybridized carbons (Fsp3) is 0.462. The van der Waals surface area contributed by atoms with E-state index in [1.807, 2.05) is 0 Å². The van der Waals surface area contributed by atoms with Crippen LogP contribution in [0.15, 0.2) is 12.1 Å². The maximum atomic E-state index is 13.8. The summed E-state index contributed by atoms with van der Waals surface area (Å²) < 4.78 is 32.9. The Morgan fingerprint density at radius 2 is 1.86 bits per heavy atom. The van der Waals surface area contributed by atoms with Crippen LogP contribution in [-0.4, -0.2) is 41.0 Å². The molecule has 0 N–H and O–H groups in total. The van der Waals surface area contributed by atoms with Gasteiger partial charge in [0, 0.05) is 13.1 Å². The average molecular weight is 300 g/mol. The topological polar surface area (TPSA) is 72.7 Å². The highest BCUT2D eigenvalue weighted by atomic mass is 19.1. The second-order valence-electron chi connectivity index (χ2n) is 5.01. The van der Waals surface area contributed by atoms with Gasteiger partial charge < -0.3 is 9.64 Å². The zero-order chi connectivity index (χ0) is 15.7. The van der Waals surface area contributed by atoms with Gasteiger partial charge in [0.15, 0.2) is 0 Å². The number of benzene rings is 1. The Bertz CT molecular complexity index is 584. The second kappa shape index (κ2) is 5.72. The van der Waals surface area contributed by atoms with E-state index in [1.165, 1.54) is 4.90 Å². The first kappa shape index (κ1) is 15.3. The molecule has 0 aliphatic carbocycles. The molecule has 21 heavy (non-hydrogen) atoms. The number of nitro benzene ring substituents is 1. The summed E-state index contributed by atoms with van der Waals surface area (Å²) in [4.78, 5) is 23.1. The summed E-state index contributed by atoms with van der Waals surface area (Å²) in [5.41, 5.74) is -1.51. The number of halogens is 2. The summed E-state index contributed by atoms with van der Waals surface area (Å²) in [5, 5.41) is 10.5. The molecule has 1 aliphatic heterocycles. The molecule has 0 radical (unpaired) electrons. The first-order valence-electron chi connectivity index (χ1n) is 6.37. The van der Waals surface area contributed by atoms with E-state index >= 15 is 0 Å². The molecule has 2 atom stereocenters. The molecule has 6 nitrogen and oxygen atoms in total. The maximum Gasteiger partial charge on any atom is 0.307 e. The highest BCUT2D eigenvalue weighted by Gasteiger charge is 2.30. The number of hydrogen-bond donors (Lipinski definition) is 0. The Kier molecular flexibility index (Phi) is 4.17. The number of rotatable bonds is 2. The molecule has 1 amide bonds. The number of amides is 1. The molecular formula is C13H14F2N2O4. The van der Waals surface area contributed by atoms with Gasteiger partial charge in [-0.3, -0.25) is 14.9 Å². The summed E-state index contributed by atoms with van der Waals surface area (Å²) in [6.07, 6.45) is -0.438. The molecule has 8 heteroatoms. The third kappa shape index (κ3) is 3.15. The van der Waals surface area contributed by atoms with E-state index in [-0.39, 0.29) is 25.3 Å². The van der Waals surface area contributed by atoms with Crippen LogP contribution in [0.25, 0.3) is 0 Å². The van der Waals surface area contributed by atoms with Crippen molar-refractivity contribution < 1.29 is 23.2 Å². The van der Waals surface area contributed by atoms with Crippen LogP contribution < -0.4 is 0 Å². The lowest BCUT2D eigenvalue weighted by Gasteiger charge is -2.35. The second-order valence-corrected chi connectivity index (χ2v) is 5.01. The highest BCUT2D eigenvalue weighted by molar-refractivity contribution is 5.95. The molecular weight excluding hydrogens is 286 g/mol. The number of carbonyl (C=O) groups excluding carboxylic acids is 1. The van der Waals surface area contributed by atoms with Crippen LogP contribution in [0, 0.1) is 21.7 Å². The Labute approximate surface area is 119 Å². The van der Waals surface area contributed by atoms with Gasteiger partial charge in [0.25, 0.3) is 5.91 Å². The summed E-state index contributed by atoms with van der Waals surface area (Å²) in [7, 11) is 0. The molecule has 0 saturated carbocycles. The van der Waals surface area contributed by atoms with Crippen molar-refractivity contribution >= 4 is 11.6 Å². The predicted octanol–water partition coefficient (Wildman–Crippen LogP) is 2.12. The third-order valence-electron chi connectivity index (χ3n) is 3.17. The number of nitrogens with zero attached hydrogens (tertiary/aromatic N) is 2. The molecule has 2 rings (SSSR count). The standard InChI is InChI=1S/C13H14F2N2O4/c1-7-5-16(6-8(2)21-7)13(18)9-3-11(15)12(17(19)20)4-10(9)14/h3-4,7-8H,5-6H2,1-2H3. The van der Waals surface area contributed by atoms with Gasteiger partial charge in [-0.1, -0.05) is 0 Å². The van der Waals surface area contributed by atoms with Gasteiger partial charge in [-0.25, -0.2) is 4.39 Å². The van der Waals surface area contributed by atoms with Crippen molar-refractivity contribution in [2.75, 3.05) is 13.1 Å². The SMILES string of the molecule is CC1CN(C(=O)c2cc(F)c([N+](=O)[O-])cc2F)CC(C)O1. The maximum absolute atomic E-state index is 13.8. The zero-order valence-electron chi connectivity index (χ0n) is 11.5.